The van der Waals surface area contributed by atoms with Crippen molar-refractivity contribution in [2.45, 2.75) is 55.5 Å². The van der Waals surface area contributed by atoms with Crippen LogP contribution >= 0.6 is 89.2 Å². The molecule has 19 heteroatoms. The predicted octanol–water partition coefficient (Wildman–Crippen LogP) is 2.05. The van der Waals surface area contributed by atoms with Crippen molar-refractivity contribution >= 4 is 142 Å². The molecular weight excluding hydrogens is 910 g/mol. The van der Waals surface area contributed by atoms with E-state index in [-0.39, 0.29) is 79.1 Å². The number of halogens is 3. The number of unbranched alkanes of at least 4 members (excludes halogenated alkanes) is 2. The summed E-state index contributed by atoms with van der Waals surface area (Å²) in [6.45, 7) is 2.40. The van der Waals surface area contributed by atoms with Crippen molar-refractivity contribution in [3.63, 3.8) is 0 Å². The van der Waals surface area contributed by atoms with E-state index in [1.54, 1.807) is 0 Å². The second kappa shape index (κ2) is 17.5. The number of likely N-dealkylation sites (tertiary alicyclic amines) is 3. The highest BCUT2D eigenvalue weighted by molar-refractivity contribution is 14.2. The maximum atomic E-state index is 12.7. The molecule has 3 rings (SSSR count). The Labute approximate surface area is 282 Å². The first-order valence-corrected chi connectivity index (χ1v) is 22.0. The summed E-state index contributed by atoms with van der Waals surface area (Å²) in [6, 6.07) is 0. The molecule has 0 bridgehead atoms. The molecule has 0 spiro atoms. The number of carbonyl (C=O) groups is 6. The number of hydrogen-bond donors (Lipinski definition) is 0. The highest BCUT2D eigenvalue weighted by Crippen LogP contribution is 2.49. The van der Waals surface area contributed by atoms with Gasteiger partial charge in [-0.05, 0) is 19.4 Å². The second-order valence-electron chi connectivity index (χ2n) is 9.68. The molecule has 3 aliphatic heterocycles. The molecule has 3 fully saturated rings. The van der Waals surface area contributed by atoms with E-state index < -0.39 is 11.1 Å². The summed E-state index contributed by atoms with van der Waals surface area (Å²) in [5, 5.41) is 0. The van der Waals surface area contributed by atoms with E-state index >= 15 is 0 Å². The highest BCUT2D eigenvalue weighted by atomic mass is 127. The largest absolute Gasteiger partial charge is 0.300 e. The van der Waals surface area contributed by atoms with Crippen LogP contribution in [0.1, 0.15) is 38.5 Å². The van der Waals surface area contributed by atoms with Crippen molar-refractivity contribution < 1.29 is 28.8 Å². The van der Waals surface area contributed by atoms with Crippen LogP contribution in [0, 0.1) is 0 Å². The van der Waals surface area contributed by atoms with Gasteiger partial charge in [0.15, 0.2) is 0 Å². The average molecular weight is 940 g/mol. The SMILES string of the molecule is [B]P(I)C1CC(=O)N(CCN(CCCCCN2C(=O)CC(P[B]I)C2=O)CCN2C(=O)CC(P[B]I)C2=O)C1=O. The first-order valence-electron chi connectivity index (χ1n) is 12.9. The van der Waals surface area contributed by atoms with Crippen LogP contribution in [-0.2, 0) is 28.8 Å². The third kappa shape index (κ3) is 9.53. The molecule has 0 aromatic rings. The Morgan fingerprint density at radius 2 is 1.20 bits per heavy atom. The standard InChI is InChI=1S/C21H29B3I3N4O6P3/c22-40(27)15-12-18(34)31(21(15)37)9-7-28(6-8-30-17(33)11-14(20(30)36)39-24-26)4-2-1-3-5-29-16(32)10-13(19(29)35)38-23-25/h13-15,38-39H,1-12H2. The van der Waals surface area contributed by atoms with Crippen molar-refractivity contribution in [1.82, 2.24) is 19.6 Å². The fraction of sp³-hybridized carbons (Fsp3) is 0.714. The van der Waals surface area contributed by atoms with Crippen molar-refractivity contribution in [2.24, 2.45) is 0 Å². The molecule has 10 nitrogen and oxygen atoms in total. The molecule has 3 heterocycles. The Bertz CT molecular complexity index is 1010. The minimum atomic E-state index is -1.07. The molecule has 0 N–H and O–H groups in total. The topological polar surface area (TPSA) is 115 Å². The molecule has 0 aliphatic carbocycles. The van der Waals surface area contributed by atoms with Gasteiger partial charge >= 0.3 is 0 Å². The van der Waals surface area contributed by atoms with Gasteiger partial charge in [-0.1, -0.05) is 33.9 Å². The average Bonchev–Trinajstić information content (AvgIpc) is 3.45. The Balaban J connectivity index is 1.53. The molecule has 3 saturated heterocycles. The van der Waals surface area contributed by atoms with Gasteiger partial charge in [0, 0.05) is 52.0 Å². The zero-order chi connectivity index (χ0) is 29.4. The molecular formula is C21H29B3I3N4O6P3. The summed E-state index contributed by atoms with van der Waals surface area (Å²) in [7, 11) is 6.59. The lowest BCUT2D eigenvalue weighted by molar-refractivity contribution is -0.140. The minimum Gasteiger partial charge on any atom is -0.300 e. The van der Waals surface area contributed by atoms with Crippen molar-refractivity contribution in [2.75, 3.05) is 39.3 Å². The van der Waals surface area contributed by atoms with Crippen molar-refractivity contribution in [3.8, 4) is 0 Å². The van der Waals surface area contributed by atoms with Crippen LogP contribution in [0.4, 0.5) is 0 Å². The molecule has 6 atom stereocenters. The van der Waals surface area contributed by atoms with Gasteiger partial charge in [0.2, 0.25) is 45.2 Å². The Hall–Kier alpha value is 1.05. The van der Waals surface area contributed by atoms with Gasteiger partial charge in [0.25, 0.3) is 0 Å². The molecule has 3 aliphatic rings. The van der Waals surface area contributed by atoms with Crippen LogP contribution in [-0.4, -0.2) is 129 Å². The lowest BCUT2D eigenvalue weighted by Crippen LogP contribution is -2.43. The molecule has 6 unspecified atom stereocenters. The summed E-state index contributed by atoms with van der Waals surface area (Å²) >= 11 is 6.24. The number of nitrogens with zero attached hydrogens (tertiary/aromatic N) is 4. The highest BCUT2D eigenvalue weighted by Gasteiger charge is 2.41. The zero-order valence-electron chi connectivity index (χ0n) is 21.8. The van der Waals surface area contributed by atoms with E-state index in [9.17, 15) is 28.8 Å². The Morgan fingerprint density at radius 3 is 1.68 bits per heavy atom. The zero-order valence-corrected chi connectivity index (χ0v) is 31.1. The smallest absolute Gasteiger partial charge is 0.237 e. The lowest BCUT2D eigenvalue weighted by Gasteiger charge is -2.27. The summed E-state index contributed by atoms with van der Waals surface area (Å²) in [4.78, 5) is 85.0. The lowest BCUT2D eigenvalue weighted by atomic mass is 10.2. The van der Waals surface area contributed by atoms with E-state index in [4.69, 9.17) is 7.57 Å². The van der Waals surface area contributed by atoms with Gasteiger partial charge < -0.3 is 0 Å². The van der Waals surface area contributed by atoms with Gasteiger partial charge in [0.1, 0.15) is 7.57 Å². The third-order valence-corrected chi connectivity index (χ3v) is 14.3. The van der Waals surface area contributed by atoms with Crippen LogP contribution in [0.3, 0.4) is 0 Å². The van der Waals surface area contributed by atoms with E-state index in [0.717, 1.165) is 12.8 Å². The van der Waals surface area contributed by atoms with Gasteiger partial charge in [0.05, 0.1) is 17.0 Å². The summed E-state index contributed by atoms with van der Waals surface area (Å²) in [6.07, 6.45) is 2.90. The predicted molar refractivity (Wildman–Crippen MR) is 189 cm³/mol. The molecule has 40 heavy (non-hydrogen) atoms. The summed E-state index contributed by atoms with van der Waals surface area (Å²) in [5.41, 5.74) is -2.02. The van der Waals surface area contributed by atoms with Crippen molar-refractivity contribution in [1.29, 1.82) is 0 Å². The molecule has 214 valence electrons. The van der Waals surface area contributed by atoms with Gasteiger partial charge in [-0.15, -0.1) is 16.9 Å². The normalized spacial score (nSPS) is 24.9. The summed E-state index contributed by atoms with van der Waals surface area (Å²) in [5.74, 6) is -0.926. The number of imide groups is 3. The first-order chi connectivity index (χ1) is 19.1. The second-order valence-corrected chi connectivity index (χ2v) is 20.6. The fourth-order valence-corrected chi connectivity index (χ4v) is 11.0. The fourth-order valence-electron chi connectivity index (χ4n) is 4.94. The molecule has 4 radical (unpaired) electrons. The van der Waals surface area contributed by atoms with Gasteiger partial charge in [-0.3, -0.25) is 48.4 Å². The van der Waals surface area contributed by atoms with E-state index in [1.807, 2.05) is 31.8 Å². The maximum absolute atomic E-state index is 12.7. The number of rotatable bonds is 17. The van der Waals surface area contributed by atoms with Gasteiger partial charge in [-0.2, -0.15) is 44.7 Å². The monoisotopic (exact) mass is 940 g/mol. The Kier molecular flexibility index (Phi) is 15.6. The third-order valence-electron chi connectivity index (χ3n) is 7.17. The van der Waals surface area contributed by atoms with Crippen molar-refractivity contribution in [3.05, 3.63) is 0 Å². The van der Waals surface area contributed by atoms with Crippen LogP contribution in [0.5, 0.6) is 0 Å². The van der Waals surface area contributed by atoms with E-state index in [0.29, 0.717) is 49.5 Å². The molecule has 0 aromatic heterocycles. The Morgan fingerprint density at radius 1 is 0.725 bits per heavy atom. The van der Waals surface area contributed by atoms with Crippen LogP contribution in [0.25, 0.3) is 0 Å². The summed E-state index contributed by atoms with van der Waals surface area (Å²) < 4.78 is 0. The number of amides is 6. The quantitative estimate of drug-likeness (QED) is 0.0722. The minimum absolute atomic E-state index is 0.0807. The van der Waals surface area contributed by atoms with Crippen LogP contribution in [0.2, 0.25) is 0 Å². The molecule has 6 amide bonds. The van der Waals surface area contributed by atoms with E-state index in [1.165, 1.54) is 14.7 Å². The van der Waals surface area contributed by atoms with E-state index in [2.05, 4.69) is 49.6 Å². The number of carbonyl (C=O) groups excluding carboxylic acids is 6. The van der Waals surface area contributed by atoms with Crippen LogP contribution < -0.4 is 0 Å². The maximum Gasteiger partial charge on any atom is 0.237 e. The van der Waals surface area contributed by atoms with Gasteiger partial charge in [-0.25, -0.2) is 0 Å². The number of hydrogen-bond acceptors (Lipinski definition) is 7. The molecule has 0 aromatic carbocycles. The van der Waals surface area contributed by atoms with Crippen LogP contribution in [0.15, 0.2) is 0 Å². The molecule has 0 saturated carbocycles. The first kappa shape index (κ1) is 35.5.